The summed E-state index contributed by atoms with van der Waals surface area (Å²) in [5.41, 5.74) is 4.65. The summed E-state index contributed by atoms with van der Waals surface area (Å²) in [6.45, 7) is 0. The first kappa shape index (κ1) is 20.4. The zero-order valence-electron chi connectivity index (χ0n) is 16.3. The van der Waals surface area contributed by atoms with Gasteiger partial charge < -0.3 is 9.47 Å². The van der Waals surface area contributed by atoms with Crippen molar-refractivity contribution in [3.05, 3.63) is 78.1 Å². The number of para-hydroxylation sites is 1. The Balaban J connectivity index is 1.48. The number of anilines is 2. The Kier molecular flexibility index (Phi) is 5.86. The maximum Gasteiger partial charge on any atom is 0.418 e. The predicted molar refractivity (Wildman–Crippen MR) is 116 cm³/mol. The van der Waals surface area contributed by atoms with Gasteiger partial charge in [0.2, 0.25) is 0 Å². The van der Waals surface area contributed by atoms with Crippen LogP contribution in [0, 0.1) is 0 Å². The minimum atomic E-state index is -0.668. The molecule has 1 amide bonds. The predicted octanol–water partition coefficient (Wildman–Crippen LogP) is 4.43. The van der Waals surface area contributed by atoms with Crippen molar-refractivity contribution in [1.29, 1.82) is 0 Å². The third-order valence-corrected chi connectivity index (χ3v) is 4.91. The molecule has 9 heteroatoms. The van der Waals surface area contributed by atoms with Crippen molar-refractivity contribution >= 4 is 35.1 Å². The number of pyridine rings is 1. The second kappa shape index (κ2) is 8.89. The zero-order valence-corrected chi connectivity index (χ0v) is 17.1. The monoisotopic (exact) mass is 436 g/mol. The lowest BCUT2D eigenvalue weighted by molar-refractivity contribution is 0.215. The largest absolute Gasteiger partial charge is 0.457 e. The Bertz CT molecular complexity index is 1170. The Labute approximate surface area is 183 Å². The van der Waals surface area contributed by atoms with E-state index in [0.29, 0.717) is 22.8 Å². The molecule has 1 aliphatic rings. The van der Waals surface area contributed by atoms with Gasteiger partial charge in [0.15, 0.2) is 0 Å². The molecule has 31 heavy (non-hydrogen) atoms. The average Bonchev–Trinajstić information content (AvgIpc) is 3.05. The van der Waals surface area contributed by atoms with Gasteiger partial charge in [-0.1, -0.05) is 18.2 Å². The molecule has 1 atom stereocenters. The van der Waals surface area contributed by atoms with Gasteiger partial charge >= 0.3 is 6.09 Å². The molecule has 1 aromatic heterocycles. The average molecular weight is 437 g/mol. The minimum Gasteiger partial charge on any atom is -0.457 e. The van der Waals surface area contributed by atoms with Crippen LogP contribution in [0.5, 0.6) is 17.2 Å². The molecule has 8 nitrogen and oxygen atoms in total. The van der Waals surface area contributed by atoms with Crippen molar-refractivity contribution in [2.75, 3.05) is 17.4 Å². The fourth-order valence-electron chi connectivity index (χ4n) is 3.14. The first-order chi connectivity index (χ1) is 15.1. The number of nitrogens with zero attached hydrogens (tertiary/aromatic N) is 2. The lowest BCUT2D eigenvalue weighted by Crippen LogP contribution is -2.32. The number of allylic oxidation sites excluding steroid dienone is 1. The van der Waals surface area contributed by atoms with Crippen molar-refractivity contribution in [3.8, 4) is 17.2 Å². The van der Waals surface area contributed by atoms with Gasteiger partial charge in [-0.15, -0.1) is 11.6 Å². The second-order valence-electron chi connectivity index (χ2n) is 6.44. The Hall–Kier alpha value is -3.84. The van der Waals surface area contributed by atoms with E-state index in [9.17, 15) is 9.59 Å². The number of alkyl halides is 1. The molecule has 156 valence electrons. The van der Waals surface area contributed by atoms with Crippen molar-refractivity contribution < 1.29 is 19.1 Å². The summed E-state index contributed by atoms with van der Waals surface area (Å²) in [5.74, 6) is 3.51. The fourth-order valence-corrected chi connectivity index (χ4v) is 3.45. The number of ether oxygens (including phenoxy) is 2. The first-order valence-corrected chi connectivity index (χ1v) is 9.71. The van der Waals surface area contributed by atoms with Crippen molar-refractivity contribution in [1.82, 2.24) is 10.4 Å². The number of hydrogen-bond acceptors (Lipinski definition) is 7. The quantitative estimate of drug-likeness (QED) is 0.451. The van der Waals surface area contributed by atoms with Gasteiger partial charge in [-0.2, -0.15) is 0 Å². The Morgan fingerprint density at radius 3 is 2.61 bits per heavy atom. The molecule has 0 spiro atoms. The molecular formula is C22H17ClN4O4. The highest BCUT2D eigenvalue weighted by Gasteiger charge is 2.33. The van der Waals surface area contributed by atoms with Crippen LogP contribution in [0.4, 0.5) is 16.3 Å². The van der Waals surface area contributed by atoms with Crippen LogP contribution >= 0.6 is 11.6 Å². The van der Waals surface area contributed by atoms with Gasteiger partial charge in [0.05, 0.1) is 5.69 Å². The number of carbonyl (C=O) groups is 1. The van der Waals surface area contributed by atoms with Crippen LogP contribution in [-0.2, 0) is 4.79 Å². The number of halogens is 1. The zero-order chi connectivity index (χ0) is 21.8. The fraction of sp³-hybridized carbons (Fsp3) is 0.0909. The third-order valence-electron chi connectivity index (χ3n) is 4.47. The van der Waals surface area contributed by atoms with E-state index in [1.807, 2.05) is 12.0 Å². The van der Waals surface area contributed by atoms with Crippen LogP contribution in [0.25, 0.3) is 0 Å². The molecule has 2 aromatic carbocycles. The van der Waals surface area contributed by atoms with Gasteiger partial charge in [0.25, 0.3) is 0 Å². The number of benzene rings is 2. The van der Waals surface area contributed by atoms with E-state index < -0.39 is 11.5 Å². The number of amides is 1. The molecule has 0 bridgehead atoms. The summed E-state index contributed by atoms with van der Waals surface area (Å²) in [4.78, 5) is 27.4. The van der Waals surface area contributed by atoms with Crippen LogP contribution in [0.15, 0.2) is 72.6 Å². The molecule has 4 rings (SSSR count). The van der Waals surface area contributed by atoms with Gasteiger partial charge in [0.1, 0.15) is 40.1 Å². The van der Waals surface area contributed by atoms with E-state index in [-0.39, 0.29) is 11.5 Å². The molecule has 0 fully saturated rings. The highest BCUT2D eigenvalue weighted by atomic mass is 35.5. The normalized spacial score (nSPS) is 14.6. The van der Waals surface area contributed by atoms with E-state index in [1.165, 1.54) is 6.20 Å². The number of fused-ring (bicyclic) bond motifs is 1. The summed E-state index contributed by atoms with van der Waals surface area (Å²) in [6.07, 6.45) is 0.833. The number of aromatic nitrogens is 1. The van der Waals surface area contributed by atoms with Crippen molar-refractivity contribution in [2.24, 2.45) is 0 Å². The SMILES string of the molecule is CNN1C(=C=O)C(Cl)c2cc(Oc3ccnc(NC(=O)Oc4ccccc4)c3)ccc21. The van der Waals surface area contributed by atoms with Gasteiger partial charge in [0, 0.05) is 24.9 Å². The number of hydrazine groups is 1. The van der Waals surface area contributed by atoms with E-state index in [0.717, 1.165) is 5.69 Å². The number of carbonyl (C=O) groups excluding carboxylic acids is 2. The van der Waals surface area contributed by atoms with Crippen molar-refractivity contribution in [3.63, 3.8) is 0 Å². The second-order valence-corrected chi connectivity index (χ2v) is 6.87. The van der Waals surface area contributed by atoms with Crippen molar-refractivity contribution in [2.45, 2.75) is 5.38 Å². The molecule has 0 saturated heterocycles. The molecule has 0 aliphatic carbocycles. The number of nitrogens with one attached hydrogen (secondary N) is 2. The highest BCUT2D eigenvalue weighted by Crippen LogP contribution is 2.45. The third kappa shape index (κ3) is 4.36. The molecule has 2 N–H and O–H groups in total. The molecule has 3 aromatic rings. The minimum absolute atomic E-state index is 0.266. The topological polar surface area (TPSA) is 92.8 Å². The molecular weight excluding hydrogens is 420 g/mol. The van der Waals surface area contributed by atoms with Gasteiger partial charge in [-0.25, -0.2) is 20.0 Å². The van der Waals surface area contributed by atoms with E-state index >= 15 is 0 Å². The first-order valence-electron chi connectivity index (χ1n) is 9.27. The van der Waals surface area contributed by atoms with E-state index in [1.54, 1.807) is 66.7 Å². The molecule has 0 saturated carbocycles. The summed E-state index contributed by atoms with van der Waals surface area (Å²) in [6, 6.07) is 17.2. The van der Waals surface area contributed by atoms with Crippen LogP contribution in [0.1, 0.15) is 10.9 Å². The maximum atomic E-state index is 12.1. The Morgan fingerprint density at radius 2 is 1.87 bits per heavy atom. The maximum absolute atomic E-state index is 12.1. The van der Waals surface area contributed by atoms with Gasteiger partial charge in [-0.3, -0.25) is 10.3 Å². The summed E-state index contributed by atoms with van der Waals surface area (Å²) in [7, 11) is 1.69. The van der Waals surface area contributed by atoms with Crippen LogP contribution in [0.2, 0.25) is 0 Å². The number of hydrogen-bond donors (Lipinski definition) is 2. The van der Waals surface area contributed by atoms with Gasteiger partial charge in [-0.05, 0) is 36.4 Å². The smallest absolute Gasteiger partial charge is 0.418 e. The highest BCUT2D eigenvalue weighted by molar-refractivity contribution is 6.25. The summed E-state index contributed by atoms with van der Waals surface area (Å²) in [5, 5.41) is 3.49. The molecule has 2 heterocycles. The number of rotatable bonds is 5. The Morgan fingerprint density at radius 1 is 1.10 bits per heavy atom. The van der Waals surface area contributed by atoms with Crippen LogP contribution < -0.4 is 25.2 Å². The standard InChI is InChI=1S/C22H17ClN4O4/c1-24-27-18-8-7-15(11-17(18)21(23)19(27)13-28)30-16-9-10-25-20(12-16)26-22(29)31-14-5-3-2-4-6-14/h2-12,21,24H,1H3,(H,25,26,29). The van der Waals surface area contributed by atoms with E-state index in [4.69, 9.17) is 21.1 Å². The lowest BCUT2D eigenvalue weighted by atomic mass is 10.1. The molecule has 1 aliphatic heterocycles. The summed E-state index contributed by atoms with van der Waals surface area (Å²) >= 11 is 6.40. The van der Waals surface area contributed by atoms with Crippen LogP contribution in [-0.4, -0.2) is 24.1 Å². The van der Waals surface area contributed by atoms with Crippen LogP contribution in [0.3, 0.4) is 0 Å². The van der Waals surface area contributed by atoms with E-state index in [2.05, 4.69) is 15.7 Å². The lowest BCUT2D eigenvalue weighted by Gasteiger charge is -2.17. The summed E-state index contributed by atoms with van der Waals surface area (Å²) < 4.78 is 11.1. The molecule has 0 radical (unpaired) electrons. The molecule has 1 unspecified atom stereocenters.